The molecular weight excluding hydrogens is 388 g/mol. The Hall–Kier alpha value is -3.26. The van der Waals surface area contributed by atoms with Gasteiger partial charge in [-0.25, -0.2) is 0 Å². The highest BCUT2D eigenvalue weighted by atomic mass is 32.2. The zero-order valence-corrected chi connectivity index (χ0v) is 16.7. The highest BCUT2D eigenvalue weighted by Crippen LogP contribution is 2.34. The minimum Gasteiger partial charge on any atom is -0.454 e. The summed E-state index contributed by atoms with van der Waals surface area (Å²) in [6.45, 7) is 2.95. The third-order valence-corrected chi connectivity index (χ3v) is 5.16. The fourth-order valence-corrected chi connectivity index (χ4v) is 3.31. The number of amides is 1. The van der Waals surface area contributed by atoms with E-state index in [1.165, 1.54) is 22.9 Å². The number of thioether (sulfide) groups is 1. The van der Waals surface area contributed by atoms with Gasteiger partial charge in [-0.15, -0.1) is 10.2 Å². The van der Waals surface area contributed by atoms with Crippen LogP contribution in [0.25, 0.3) is 0 Å². The van der Waals surface area contributed by atoms with Crippen molar-refractivity contribution >= 4 is 29.2 Å². The lowest BCUT2D eigenvalue weighted by Crippen LogP contribution is -2.14. The smallest absolute Gasteiger partial charge is 0.234 e. The number of benzene rings is 2. The largest absolute Gasteiger partial charge is 0.454 e. The van der Waals surface area contributed by atoms with Gasteiger partial charge in [0, 0.05) is 18.3 Å². The molecule has 0 radical (unpaired) electrons. The normalized spacial score (nSPS) is 11.9. The van der Waals surface area contributed by atoms with Crippen LogP contribution < -0.4 is 20.1 Å². The summed E-state index contributed by atoms with van der Waals surface area (Å²) in [5.74, 6) is 2.12. The number of aromatic nitrogens is 2. The molecule has 1 amide bonds. The molecule has 7 nitrogen and oxygen atoms in total. The Morgan fingerprint density at radius 2 is 1.86 bits per heavy atom. The second-order valence-electron chi connectivity index (χ2n) is 6.50. The lowest BCUT2D eigenvalue weighted by molar-refractivity contribution is -0.113. The first-order valence-corrected chi connectivity index (χ1v) is 10.1. The highest BCUT2D eigenvalue weighted by molar-refractivity contribution is 7.99. The number of nitrogens with one attached hydrogen (secondary N) is 2. The van der Waals surface area contributed by atoms with Crippen molar-refractivity contribution in [2.75, 3.05) is 23.2 Å². The maximum Gasteiger partial charge on any atom is 0.234 e. The van der Waals surface area contributed by atoms with E-state index in [-0.39, 0.29) is 18.5 Å². The van der Waals surface area contributed by atoms with Crippen molar-refractivity contribution in [2.45, 2.75) is 18.5 Å². The van der Waals surface area contributed by atoms with Gasteiger partial charge in [-0.05, 0) is 36.8 Å². The molecule has 0 saturated carbocycles. The summed E-state index contributed by atoms with van der Waals surface area (Å²) in [5.41, 5.74) is 3.08. The minimum atomic E-state index is -0.128. The lowest BCUT2D eigenvalue weighted by atomic mass is 10.1. The van der Waals surface area contributed by atoms with Gasteiger partial charge < -0.3 is 20.1 Å². The number of ether oxygens (including phenoxy) is 2. The van der Waals surface area contributed by atoms with Crippen LogP contribution >= 0.6 is 11.8 Å². The first-order valence-electron chi connectivity index (χ1n) is 9.11. The van der Waals surface area contributed by atoms with E-state index in [0.717, 1.165) is 0 Å². The van der Waals surface area contributed by atoms with Crippen LogP contribution in [0.5, 0.6) is 11.5 Å². The van der Waals surface area contributed by atoms with Crippen LogP contribution in [-0.2, 0) is 11.3 Å². The van der Waals surface area contributed by atoms with E-state index >= 15 is 0 Å². The summed E-state index contributed by atoms with van der Waals surface area (Å²) in [5, 5.41) is 15.1. The van der Waals surface area contributed by atoms with Gasteiger partial charge >= 0.3 is 0 Å². The van der Waals surface area contributed by atoms with Gasteiger partial charge in [-0.1, -0.05) is 41.6 Å². The fraction of sp³-hybridized carbons (Fsp3) is 0.190. The minimum absolute atomic E-state index is 0.128. The van der Waals surface area contributed by atoms with E-state index in [1.807, 2.05) is 12.1 Å². The number of hydrogen-bond acceptors (Lipinski definition) is 7. The molecule has 4 rings (SSSR count). The van der Waals surface area contributed by atoms with Crippen LogP contribution in [0, 0.1) is 6.92 Å². The Kier molecular flexibility index (Phi) is 5.81. The van der Waals surface area contributed by atoms with Crippen LogP contribution in [0.1, 0.15) is 11.1 Å². The Labute approximate surface area is 172 Å². The maximum atomic E-state index is 12.2. The quantitative estimate of drug-likeness (QED) is 0.574. The van der Waals surface area contributed by atoms with Gasteiger partial charge in [-0.3, -0.25) is 4.79 Å². The summed E-state index contributed by atoms with van der Waals surface area (Å²) in [7, 11) is 0. The molecule has 0 aliphatic carbocycles. The molecule has 3 aromatic rings. The van der Waals surface area contributed by atoms with Gasteiger partial charge in [0.05, 0.1) is 5.75 Å². The summed E-state index contributed by atoms with van der Waals surface area (Å²) in [6, 6.07) is 17.3. The van der Waals surface area contributed by atoms with Crippen molar-refractivity contribution in [3.63, 3.8) is 0 Å². The van der Waals surface area contributed by atoms with Crippen LogP contribution in [0.4, 0.5) is 11.5 Å². The van der Waals surface area contributed by atoms with Crippen LogP contribution in [-0.4, -0.2) is 28.7 Å². The number of hydrogen-bond donors (Lipinski definition) is 2. The van der Waals surface area contributed by atoms with Gasteiger partial charge in [-0.2, -0.15) is 0 Å². The van der Waals surface area contributed by atoms with E-state index in [9.17, 15) is 4.79 Å². The molecule has 2 N–H and O–H groups in total. The molecule has 0 saturated heterocycles. The molecule has 2 heterocycles. The molecule has 1 aliphatic heterocycles. The molecule has 1 aliphatic rings. The third kappa shape index (κ3) is 5.17. The standard InChI is InChI=1S/C21H20N4O3S/c1-14-2-4-15(5-3-14)11-22-19-8-9-21(25-24-19)29-12-20(26)23-16-6-7-17-18(10-16)28-13-27-17/h2-10H,11-13H2,1H3,(H,22,24)(H,23,26). The van der Waals surface area contributed by atoms with Gasteiger partial charge in [0.15, 0.2) is 11.5 Å². The van der Waals surface area contributed by atoms with Crippen molar-refractivity contribution in [1.29, 1.82) is 0 Å². The molecule has 8 heteroatoms. The van der Waals surface area contributed by atoms with E-state index in [2.05, 4.69) is 52.0 Å². The number of carbonyl (C=O) groups excluding carboxylic acids is 1. The van der Waals surface area contributed by atoms with Crippen molar-refractivity contribution < 1.29 is 14.3 Å². The van der Waals surface area contributed by atoms with Crippen molar-refractivity contribution in [2.24, 2.45) is 0 Å². The molecule has 0 fully saturated rings. The van der Waals surface area contributed by atoms with Crippen LogP contribution in [0.3, 0.4) is 0 Å². The van der Waals surface area contributed by atoms with Crippen molar-refractivity contribution in [3.8, 4) is 11.5 Å². The van der Waals surface area contributed by atoms with E-state index in [4.69, 9.17) is 9.47 Å². The Bertz CT molecular complexity index is 994. The van der Waals surface area contributed by atoms with Crippen molar-refractivity contribution in [3.05, 3.63) is 65.7 Å². The summed E-state index contributed by atoms with van der Waals surface area (Å²) < 4.78 is 10.6. The zero-order valence-electron chi connectivity index (χ0n) is 15.8. The molecule has 0 bridgehead atoms. The number of fused-ring (bicyclic) bond motifs is 1. The second-order valence-corrected chi connectivity index (χ2v) is 7.50. The predicted octanol–water partition coefficient (Wildman–Crippen LogP) is 3.86. The number of rotatable bonds is 7. The second kappa shape index (κ2) is 8.83. The van der Waals surface area contributed by atoms with Gasteiger partial charge in [0.25, 0.3) is 0 Å². The summed E-state index contributed by atoms with van der Waals surface area (Å²) in [4.78, 5) is 12.2. The maximum absolute atomic E-state index is 12.2. The van der Waals surface area contributed by atoms with E-state index < -0.39 is 0 Å². The molecule has 0 atom stereocenters. The predicted molar refractivity (Wildman–Crippen MR) is 112 cm³/mol. The van der Waals surface area contributed by atoms with Gasteiger partial charge in [0.2, 0.25) is 12.7 Å². The monoisotopic (exact) mass is 408 g/mol. The van der Waals surface area contributed by atoms with Crippen LogP contribution in [0.15, 0.2) is 59.6 Å². The zero-order chi connectivity index (χ0) is 20.1. The Balaban J connectivity index is 1.24. The first-order chi connectivity index (χ1) is 14.2. The first kappa shape index (κ1) is 19.1. The summed E-state index contributed by atoms with van der Waals surface area (Å²) >= 11 is 1.33. The number of aryl methyl sites for hydroxylation is 1. The van der Waals surface area contributed by atoms with Crippen molar-refractivity contribution in [1.82, 2.24) is 10.2 Å². The molecule has 2 aromatic carbocycles. The summed E-state index contributed by atoms with van der Waals surface area (Å²) in [6.07, 6.45) is 0. The SMILES string of the molecule is Cc1ccc(CNc2ccc(SCC(=O)Nc3ccc4c(c3)OCO4)nn2)cc1. The molecule has 148 valence electrons. The molecule has 1 aromatic heterocycles. The van der Waals surface area contributed by atoms with E-state index in [1.54, 1.807) is 18.2 Å². The number of anilines is 2. The Morgan fingerprint density at radius 1 is 1.03 bits per heavy atom. The third-order valence-electron chi connectivity index (χ3n) is 4.24. The molecule has 29 heavy (non-hydrogen) atoms. The van der Waals surface area contributed by atoms with E-state index in [0.29, 0.717) is 34.6 Å². The van der Waals surface area contributed by atoms with Gasteiger partial charge in [0.1, 0.15) is 10.8 Å². The highest BCUT2D eigenvalue weighted by Gasteiger charge is 2.14. The topological polar surface area (TPSA) is 85.4 Å². The Morgan fingerprint density at radius 3 is 2.66 bits per heavy atom. The lowest BCUT2D eigenvalue weighted by Gasteiger charge is -2.07. The molecular formula is C21H20N4O3S. The number of carbonyl (C=O) groups is 1. The molecule has 0 spiro atoms. The fourth-order valence-electron chi connectivity index (χ4n) is 2.70. The average Bonchev–Trinajstić information content (AvgIpc) is 3.20. The average molecular weight is 408 g/mol. The van der Waals surface area contributed by atoms with Crippen LogP contribution in [0.2, 0.25) is 0 Å². The number of nitrogens with zero attached hydrogens (tertiary/aromatic N) is 2. The molecule has 0 unspecified atom stereocenters.